The van der Waals surface area contributed by atoms with Crippen molar-refractivity contribution < 1.29 is 4.79 Å². The van der Waals surface area contributed by atoms with Crippen LogP contribution in [0.1, 0.15) is 27.2 Å². The van der Waals surface area contributed by atoms with Crippen LogP contribution in [-0.2, 0) is 13.6 Å². The zero-order valence-corrected chi connectivity index (χ0v) is 11.0. The molecule has 18 heavy (non-hydrogen) atoms. The fourth-order valence-electron chi connectivity index (χ4n) is 2.01. The minimum Gasteiger partial charge on any atom is -0.347 e. The maximum absolute atomic E-state index is 11.9. The molecular formula is C15H18N2O. The molecule has 0 aliphatic heterocycles. The predicted molar refractivity (Wildman–Crippen MR) is 72.5 cm³/mol. The lowest BCUT2D eigenvalue weighted by Gasteiger charge is -2.09. The minimum absolute atomic E-state index is 0.0394. The number of carbonyl (C=O) groups is 1. The van der Waals surface area contributed by atoms with Crippen molar-refractivity contribution in [3.8, 4) is 0 Å². The molecule has 94 valence electrons. The van der Waals surface area contributed by atoms with Crippen molar-refractivity contribution in [3.63, 3.8) is 0 Å². The van der Waals surface area contributed by atoms with Crippen LogP contribution < -0.4 is 5.32 Å². The Kier molecular flexibility index (Phi) is 3.51. The van der Waals surface area contributed by atoms with Crippen molar-refractivity contribution >= 4 is 5.91 Å². The van der Waals surface area contributed by atoms with Crippen molar-refractivity contribution in [1.82, 2.24) is 9.88 Å². The first-order chi connectivity index (χ1) is 8.58. The van der Waals surface area contributed by atoms with Crippen LogP contribution in [0.2, 0.25) is 0 Å². The Hall–Kier alpha value is -2.03. The summed E-state index contributed by atoms with van der Waals surface area (Å²) in [5.41, 5.74) is 4.29. The van der Waals surface area contributed by atoms with E-state index < -0.39 is 0 Å². The summed E-state index contributed by atoms with van der Waals surface area (Å²) in [6.07, 6.45) is 1.87. The maximum Gasteiger partial charge on any atom is 0.268 e. The van der Waals surface area contributed by atoms with Crippen LogP contribution in [0.4, 0.5) is 0 Å². The lowest BCUT2D eigenvalue weighted by molar-refractivity contribution is 0.0943. The van der Waals surface area contributed by atoms with Crippen molar-refractivity contribution in [2.45, 2.75) is 20.4 Å². The second kappa shape index (κ2) is 5.08. The molecule has 0 aliphatic carbocycles. The minimum atomic E-state index is -0.0394. The molecule has 2 aromatic rings. The summed E-state index contributed by atoms with van der Waals surface area (Å²) in [6.45, 7) is 4.70. The van der Waals surface area contributed by atoms with E-state index in [-0.39, 0.29) is 5.91 Å². The van der Waals surface area contributed by atoms with Gasteiger partial charge in [0, 0.05) is 19.8 Å². The van der Waals surface area contributed by atoms with E-state index in [4.69, 9.17) is 0 Å². The number of aryl methyl sites for hydroxylation is 3. The summed E-state index contributed by atoms with van der Waals surface area (Å²) in [6, 6.07) is 9.94. The number of nitrogens with one attached hydrogen (secondary N) is 1. The summed E-state index contributed by atoms with van der Waals surface area (Å²) in [4.78, 5) is 11.9. The van der Waals surface area contributed by atoms with Gasteiger partial charge < -0.3 is 9.88 Å². The Morgan fingerprint density at radius 3 is 2.67 bits per heavy atom. The van der Waals surface area contributed by atoms with E-state index in [0.29, 0.717) is 12.2 Å². The molecule has 0 fully saturated rings. The van der Waals surface area contributed by atoms with Crippen molar-refractivity contribution in [3.05, 3.63) is 58.9 Å². The molecule has 0 bridgehead atoms. The van der Waals surface area contributed by atoms with Crippen LogP contribution >= 0.6 is 0 Å². The lowest BCUT2D eigenvalue weighted by Crippen LogP contribution is -2.25. The topological polar surface area (TPSA) is 34.0 Å². The Morgan fingerprint density at radius 2 is 2.06 bits per heavy atom. The van der Waals surface area contributed by atoms with Gasteiger partial charge in [0.2, 0.25) is 0 Å². The maximum atomic E-state index is 11.9. The van der Waals surface area contributed by atoms with Crippen molar-refractivity contribution in [2.75, 3.05) is 0 Å². The smallest absolute Gasteiger partial charge is 0.268 e. The van der Waals surface area contributed by atoms with E-state index in [1.807, 2.05) is 29.9 Å². The summed E-state index contributed by atoms with van der Waals surface area (Å²) >= 11 is 0. The third kappa shape index (κ3) is 2.62. The standard InChI is InChI=1S/C15H18N2O/c1-11-6-7-13(12(2)9-11)10-16-15(18)14-5-4-8-17(14)3/h4-9H,10H2,1-3H3,(H,16,18). The molecule has 0 unspecified atom stereocenters. The normalized spacial score (nSPS) is 10.4. The number of benzene rings is 1. The van der Waals surface area contributed by atoms with E-state index in [1.54, 1.807) is 0 Å². The Labute approximate surface area is 107 Å². The number of hydrogen-bond acceptors (Lipinski definition) is 1. The number of hydrogen-bond donors (Lipinski definition) is 1. The molecule has 0 spiro atoms. The highest BCUT2D eigenvalue weighted by Gasteiger charge is 2.08. The summed E-state index contributed by atoms with van der Waals surface area (Å²) in [5, 5.41) is 2.94. The molecule has 2 rings (SSSR count). The fraction of sp³-hybridized carbons (Fsp3) is 0.267. The highest BCUT2D eigenvalue weighted by Crippen LogP contribution is 2.10. The first kappa shape index (κ1) is 12.4. The quantitative estimate of drug-likeness (QED) is 0.882. The van der Waals surface area contributed by atoms with Crippen molar-refractivity contribution in [2.24, 2.45) is 7.05 Å². The highest BCUT2D eigenvalue weighted by molar-refractivity contribution is 5.92. The van der Waals surface area contributed by atoms with Gasteiger partial charge in [0.1, 0.15) is 5.69 Å². The molecular weight excluding hydrogens is 224 g/mol. The van der Waals surface area contributed by atoms with Gasteiger partial charge in [-0.2, -0.15) is 0 Å². The van der Waals surface area contributed by atoms with Gasteiger partial charge in [0.05, 0.1) is 0 Å². The largest absolute Gasteiger partial charge is 0.347 e. The Balaban J connectivity index is 2.04. The number of carbonyl (C=O) groups excluding carboxylic acids is 1. The van der Waals surface area contributed by atoms with Gasteiger partial charge in [-0.1, -0.05) is 23.8 Å². The zero-order valence-electron chi connectivity index (χ0n) is 11.0. The number of rotatable bonds is 3. The van der Waals surface area contributed by atoms with Crippen LogP contribution in [0, 0.1) is 13.8 Å². The van der Waals surface area contributed by atoms with Crippen LogP contribution in [0.25, 0.3) is 0 Å². The van der Waals surface area contributed by atoms with Gasteiger partial charge in [0.15, 0.2) is 0 Å². The molecule has 0 atom stereocenters. The van der Waals surface area contributed by atoms with Gasteiger partial charge in [-0.3, -0.25) is 4.79 Å². The molecule has 1 aromatic carbocycles. The van der Waals surface area contributed by atoms with E-state index in [2.05, 4.69) is 37.4 Å². The van der Waals surface area contributed by atoms with Gasteiger partial charge in [-0.05, 0) is 37.1 Å². The zero-order chi connectivity index (χ0) is 13.1. The number of aromatic nitrogens is 1. The SMILES string of the molecule is Cc1ccc(CNC(=O)c2cccn2C)c(C)c1. The van der Waals surface area contributed by atoms with Gasteiger partial charge in [-0.25, -0.2) is 0 Å². The first-order valence-electron chi connectivity index (χ1n) is 6.03. The fourth-order valence-corrected chi connectivity index (χ4v) is 2.01. The predicted octanol–water partition coefficient (Wildman–Crippen LogP) is 2.57. The molecule has 0 radical (unpaired) electrons. The summed E-state index contributed by atoms with van der Waals surface area (Å²) < 4.78 is 1.82. The van der Waals surface area contributed by atoms with E-state index in [0.717, 1.165) is 5.56 Å². The van der Waals surface area contributed by atoms with Gasteiger partial charge in [-0.15, -0.1) is 0 Å². The molecule has 0 saturated heterocycles. The van der Waals surface area contributed by atoms with Crippen LogP contribution in [-0.4, -0.2) is 10.5 Å². The monoisotopic (exact) mass is 242 g/mol. The molecule has 1 heterocycles. The van der Waals surface area contributed by atoms with Crippen molar-refractivity contribution in [1.29, 1.82) is 0 Å². The third-order valence-corrected chi connectivity index (χ3v) is 3.11. The van der Waals surface area contributed by atoms with E-state index in [1.165, 1.54) is 11.1 Å². The molecule has 1 amide bonds. The van der Waals surface area contributed by atoms with Crippen LogP contribution in [0.5, 0.6) is 0 Å². The second-order valence-electron chi connectivity index (χ2n) is 4.62. The average molecular weight is 242 g/mol. The summed E-state index contributed by atoms with van der Waals surface area (Å²) in [7, 11) is 1.87. The molecule has 1 aromatic heterocycles. The Bertz CT molecular complexity index is 570. The molecule has 0 saturated carbocycles. The van der Waals surface area contributed by atoms with E-state index >= 15 is 0 Å². The number of nitrogens with zero attached hydrogens (tertiary/aromatic N) is 1. The third-order valence-electron chi connectivity index (χ3n) is 3.11. The average Bonchev–Trinajstić information content (AvgIpc) is 2.74. The van der Waals surface area contributed by atoms with Gasteiger partial charge in [0.25, 0.3) is 5.91 Å². The molecule has 0 aliphatic rings. The van der Waals surface area contributed by atoms with Crippen LogP contribution in [0.3, 0.4) is 0 Å². The molecule has 3 nitrogen and oxygen atoms in total. The lowest BCUT2D eigenvalue weighted by atomic mass is 10.1. The Morgan fingerprint density at radius 1 is 1.28 bits per heavy atom. The van der Waals surface area contributed by atoms with E-state index in [9.17, 15) is 4.79 Å². The molecule has 1 N–H and O–H groups in total. The molecule has 3 heteroatoms. The first-order valence-corrected chi connectivity index (χ1v) is 6.03. The second-order valence-corrected chi connectivity index (χ2v) is 4.62. The number of amides is 1. The van der Waals surface area contributed by atoms with Crippen LogP contribution in [0.15, 0.2) is 36.5 Å². The summed E-state index contributed by atoms with van der Waals surface area (Å²) in [5.74, 6) is -0.0394. The highest BCUT2D eigenvalue weighted by atomic mass is 16.1. The van der Waals surface area contributed by atoms with Gasteiger partial charge >= 0.3 is 0 Å².